The maximum absolute atomic E-state index is 10.4. The Bertz CT molecular complexity index is 185. The first kappa shape index (κ1) is 9.40. The van der Waals surface area contributed by atoms with E-state index in [1.807, 2.05) is 0 Å². The fourth-order valence-electron chi connectivity index (χ4n) is 1.15. The van der Waals surface area contributed by atoms with E-state index >= 15 is 0 Å². The van der Waals surface area contributed by atoms with E-state index in [1.54, 1.807) is 0 Å². The molecule has 1 fully saturated rings. The topological polar surface area (TPSA) is 110 Å². The molecule has 6 heteroatoms. The Kier molecular flexibility index (Phi) is 2.63. The maximum atomic E-state index is 10.4. The number of hydrogen-bond donors (Lipinski definition) is 5. The van der Waals surface area contributed by atoms with Gasteiger partial charge in [-0.1, -0.05) is 0 Å². The molecule has 4 unspecified atom stereocenters. The van der Waals surface area contributed by atoms with Crippen LogP contribution in [0.4, 0.5) is 0 Å². The number of carbonyl (C=O) groups is 1. The second-order valence-electron chi connectivity index (χ2n) is 2.78. The number of nitrogens with one attached hydrogen (secondary N) is 1. The minimum atomic E-state index is -1.44. The van der Waals surface area contributed by atoms with Gasteiger partial charge in [0.25, 0.3) is 0 Å². The Labute approximate surface area is 68.4 Å². The molecule has 0 amide bonds. The van der Waals surface area contributed by atoms with E-state index in [9.17, 15) is 4.79 Å². The smallest absolute Gasteiger partial charge is 0.310 e. The van der Waals surface area contributed by atoms with Crippen molar-refractivity contribution < 1.29 is 25.2 Å². The highest BCUT2D eigenvalue weighted by atomic mass is 16.4. The van der Waals surface area contributed by atoms with Gasteiger partial charge in [0.05, 0.1) is 12.0 Å². The molecule has 5 N–H and O–H groups in total. The molecule has 70 valence electrons. The van der Waals surface area contributed by atoms with E-state index < -0.39 is 30.3 Å². The Balaban J connectivity index is 2.65. The summed E-state index contributed by atoms with van der Waals surface area (Å²) in [5.41, 5.74) is 0. The predicted octanol–water partition coefficient (Wildman–Crippen LogP) is -2.67. The number of aliphatic hydroxyl groups excluding tert-OH is 3. The van der Waals surface area contributed by atoms with Crippen LogP contribution in [0.1, 0.15) is 0 Å². The molecule has 1 aliphatic rings. The lowest BCUT2D eigenvalue weighted by atomic mass is 9.93. The lowest BCUT2D eigenvalue weighted by Gasteiger charge is -2.33. The SMILES string of the molecule is O=C(O)C1CNC(O)C(O)C1O. The maximum Gasteiger partial charge on any atom is 0.310 e. The van der Waals surface area contributed by atoms with Crippen molar-refractivity contribution in [3.63, 3.8) is 0 Å². The van der Waals surface area contributed by atoms with Crippen molar-refractivity contribution in [3.8, 4) is 0 Å². The van der Waals surface area contributed by atoms with E-state index in [2.05, 4.69) is 5.32 Å². The third-order valence-electron chi connectivity index (χ3n) is 1.95. The predicted molar refractivity (Wildman–Crippen MR) is 37.1 cm³/mol. The molecule has 0 bridgehead atoms. The van der Waals surface area contributed by atoms with Crippen molar-refractivity contribution in [1.29, 1.82) is 0 Å². The number of aliphatic carboxylic acids is 1. The van der Waals surface area contributed by atoms with Gasteiger partial charge in [-0.3, -0.25) is 10.1 Å². The van der Waals surface area contributed by atoms with Crippen LogP contribution >= 0.6 is 0 Å². The van der Waals surface area contributed by atoms with Crippen LogP contribution in [0.15, 0.2) is 0 Å². The highest BCUT2D eigenvalue weighted by Gasteiger charge is 2.39. The number of rotatable bonds is 1. The molecule has 0 aromatic heterocycles. The largest absolute Gasteiger partial charge is 0.481 e. The summed E-state index contributed by atoms with van der Waals surface area (Å²) in [5, 5.41) is 38.0. The van der Waals surface area contributed by atoms with E-state index in [0.29, 0.717) is 0 Å². The molecule has 0 spiro atoms. The summed E-state index contributed by atoms with van der Waals surface area (Å²) in [6.45, 7) is -0.0469. The Morgan fingerprint density at radius 1 is 1.25 bits per heavy atom. The van der Waals surface area contributed by atoms with Crippen molar-refractivity contribution in [3.05, 3.63) is 0 Å². The summed E-state index contributed by atoms with van der Waals surface area (Å²) < 4.78 is 0. The molecule has 1 aliphatic heterocycles. The van der Waals surface area contributed by atoms with E-state index in [4.69, 9.17) is 20.4 Å². The van der Waals surface area contributed by atoms with Gasteiger partial charge in [0.2, 0.25) is 0 Å². The third-order valence-corrected chi connectivity index (χ3v) is 1.95. The molecule has 1 rings (SSSR count). The van der Waals surface area contributed by atoms with Gasteiger partial charge in [0, 0.05) is 6.54 Å². The van der Waals surface area contributed by atoms with Gasteiger partial charge in [0.1, 0.15) is 12.3 Å². The average Bonchev–Trinajstić information content (AvgIpc) is 2.00. The van der Waals surface area contributed by atoms with Crippen molar-refractivity contribution in [2.45, 2.75) is 18.4 Å². The van der Waals surface area contributed by atoms with Gasteiger partial charge >= 0.3 is 5.97 Å². The number of carboxylic acids is 1. The molecule has 6 nitrogen and oxygen atoms in total. The number of piperidine rings is 1. The van der Waals surface area contributed by atoms with Crippen LogP contribution in [0.3, 0.4) is 0 Å². The summed E-state index contributed by atoms with van der Waals surface area (Å²) in [6, 6.07) is 0. The van der Waals surface area contributed by atoms with Crippen LogP contribution in [0.2, 0.25) is 0 Å². The number of aliphatic hydroxyl groups is 3. The molecule has 0 aliphatic carbocycles. The summed E-state index contributed by atoms with van der Waals surface area (Å²) in [5.74, 6) is -2.26. The van der Waals surface area contributed by atoms with Crippen molar-refractivity contribution in [1.82, 2.24) is 5.32 Å². The van der Waals surface area contributed by atoms with Crippen LogP contribution in [0.25, 0.3) is 0 Å². The van der Waals surface area contributed by atoms with Crippen LogP contribution in [-0.4, -0.2) is 51.4 Å². The Morgan fingerprint density at radius 3 is 2.33 bits per heavy atom. The van der Waals surface area contributed by atoms with Gasteiger partial charge < -0.3 is 20.4 Å². The molecule has 4 atom stereocenters. The zero-order chi connectivity index (χ0) is 9.30. The quantitative estimate of drug-likeness (QED) is 0.299. The summed E-state index contributed by atoms with van der Waals surface area (Å²) >= 11 is 0. The lowest BCUT2D eigenvalue weighted by Crippen LogP contribution is -2.58. The first-order chi connectivity index (χ1) is 5.54. The van der Waals surface area contributed by atoms with Gasteiger partial charge in [0.15, 0.2) is 0 Å². The fraction of sp³-hybridized carbons (Fsp3) is 0.833. The van der Waals surface area contributed by atoms with Crippen LogP contribution < -0.4 is 5.32 Å². The first-order valence-corrected chi connectivity index (χ1v) is 3.54. The van der Waals surface area contributed by atoms with E-state index in [1.165, 1.54) is 0 Å². The van der Waals surface area contributed by atoms with E-state index in [-0.39, 0.29) is 6.54 Å². The molecule has 1 saturated heterocycles. The van der Waals surface area contributed by atoms with Crippen LogP contribution in [0, 0.1) is 5.92 Å². The minimum absolute atomic E-state index is 0.0469. The van der Waals surface area contributed by atoms with Crippen LogP contribution in [0.5, 0.6) is 0 Å². The van der Waals surface area contributed by atoms with Gasteiger partial charge in [-0.25, -0.2) is 0 Å². The molecule has 12 heavy (non-hydrogen) atoms. The summed E-state index contributed by atoms with van der Waals surface area (Å²) in [4.78, 5) is 10.4. The van der Waals surface area contributed by atoms with Crippen LogP contribution in [-0.2, 0) is 4.79 Å². The Morgan fingerprint density at radius 2 is 1.83 bits per heavy atom. The standard InChI is InChI=1S/C6H11NO5/c8-3-2(6(11)12)1-7-5(10)4(3)9/h2-5,7-10H,1H2,(H,11,12). The normalized spacial score (nSPS) is 42.6. The van der Waals surface area contributed by atoms with E-state index in [0.717, 1.165) is 0 Å². The number of hydrogen-bond acceptors (Lipinski definition) is 5. The highest BCUT2D eigenvalue weighted by Crippen LogP contribution is 2.14. The highest BCUT2D eigenvalue weighted by molar-refractivity contribution is 5.71. The van der Waals surface area contributed by atoms with Crippen molar-refractivity contribution in [2.24, 2.45) is 5.92 Å². The fourth-order valence-corrected chi connectivity index (χ4v) is 1.15. The monoisotopic (exact) mass is 177 g/mol. The summed E-state index contributed by atoms with van der Waals surface area (Å²) in [6.07, 6.45) is -4.12. The Hall–Kier alpha value is -0.690. The molecular weight excluding hydrogens is 166 g/mol. The van der Waals surface area contributed by atoms with Crippen molar-refractivity contribution in [2.75, 3.05) is 6.54 Å². The second kappa shape index (κ2) is 3.36. The van der Waals surface area contributed by atoms with Gasteiger partial charge in [-0.2, -0.15) is 0 Å². The molecule has 0 aromatic carbocycles. The van der Waals surface area contributed by atoms with Gasteiger partial charge in [-0.15, -0.1) is 0 Å². The number of carboxylic acid groups (broad SMARTS) is 1. The average molecular weight is 177 g/mol. The molecular formula is C6H11NO5. The molecule has 0 aromatic rings. The first-order valence-electron chi connectivity index (χ1n) is 3.54. The minimum Gasteiger partial charge on any atom is -0.481 e. The molecule has 0 saturated carbocycles. The second-order valence-corrected chi connectivity index (χ2v) is 2.78. The molecule has 0 radical (unpaired) electrons. The molecule has 1 heterocycles. The van der Waals surface area contributed by atoms with Crippen molar-refractivity contribution >= 4 is 5.97 Å². The third kappa shape index (κ3) is 1.56. The zero-order valence-corrected chi connectivity index (χ0v) is 6.21. The summed E-state index contributed by atoms with van der Waals surface area (Å²) in [7, 11) is 0. The zero-order valence-electron chi connectivity index (χ0n) is 6.21. The van der Waals surface area contributed by atoms with Gasteiger partial charge in [-0.05, 0) is 0 Å². The lowest BCUT2D eigenvalue weighted by molar-refractivity contribution is -0.161.